The lowest BCUT2D eigenvalue weighted by atomic mass is 10.0. The van der Waals surface area contributed by atoms with E-state index in [1.807, 2.05) is 0 Å². The van der Waals surface area contributed by atoms with Gasteiger partial charge < -0.3 is 10.1 Å². The van der Waals surface area contributed by atoms with Gasteiger partial charge in [0.05, 0.1) is 6.10 Å². The van der Waals surface area contributed by atoms with Gasteiger partial charge in [0.15, 0.2) is 0 Å². The average molecular weight is 326 g/mol. The van der Waals surface area contributed by atoms with Crippen LogP contribution in [0.15, 0.2) is 36.4 Å². The van der Waals surface area contributed by atoms with Gasteiger partial charge in [-0.2, -0.15) is 0 Å². The molecule has 0 radical (unpaired) electrons. The van der Waals surface area contributed by atoms with Crippen molar-refractivity contribution in [3.05, 3.63) is 42.0 Å². The molecule has 130 valence electrons. The molecule has 0 aromatic heterocycles. The zero-order valence-electron chi connectivity index (χ0n) is 15.2. The van der Waals surface area contributed by atoms with Gasteiger partial charge in [-0.1, -0.05) is 37.3 Å². The smallest absolute Gasteiger partial charge is 0.124 e. The van der Waals surface area contributed by atoms with Crippen LogP contribution in [0, 0.1) is 0 Å². The van der Waals surface area contributed by atoms with E-state index in [1.165, 1.54) is 35.7 Å². The molecule has 2 aromatic carbocycles. The first-order chi connectivity index (χ1) is 11.7. The Kier molecular flexibility index (Phi) is 5.75. The van der Waals surface area contributed by atoms with E-state index in [2.05, 4.69) is 67.4 Å². The molecule has 0 bridgehead atoms. The number of fused-ring (bicyclic) bond motifs is 1. The summed E-state index contributed by atoms with van der Waals surface area (Å²) in [5.74, 6) is 1.01. The number of likely N-dealkylation sites (N-methyl/N-ethyl adjacent to an activating group) is 1. The first-order valence-electron chi connectivity index (χ1n) is 9.31. The van der Waals surface area contributed by atoms with Crippen LogP contribution in [0.25, 0.3) is 10.8 Å². The van der Waals surface area contributed by atoms with Crippen molar-refractivity contribution in [3.8, 4) is 5.75 Å². The van der Waals surface area contributed by atoms with Crippen molar-refractivity contribution in [1.82, 2.24) is 10.2 Å². The molecule has 2 aromatic rings. The summed E-state index contributed by atoms with van der Waals surface area (Å²) in [6.45, 7) is 10.8. The highest BCUT2D eigenvalue weighted by atomic mass is 16.5. The van der Waals surface area contributed by atoms with Gasteiger partial charge in [0, 0.05) is 24.7 Å². The van der Waals surface area contributed by atoms with Crippen LogP contribution in [-0.2, 0) is 6.54 Å². The zero-order chi connectivity index (χ0) is 16.9. The van der Waals surface area contributed by atoms with E-state index in [0.717, 1.165) is 25.4 Å². The Morgan fingerprint density at radius 1 is 1.21 bits per heavy atom. The SMILES string of the molecule is CCN1CCC[C@@H]1CNCc1c(OC(C)C)ccc2ccccc12. The highest BCUT2D eigenvalue weighted by Crippen LogP contribution is 2.29. The number of likely N-dealkylation sites (tertiary alicyclic amines) is 1. The average Bonchev–Trinajstić information content (AvgIpc) is 3.03. The first-order valence-corrected chi connectivity index (χ1v) is 9.31. The number of nitrogens with one attached hydrogen (secondary N) is 1. The minimum Gasteiger partial charge on any atom is -0.491 e. The number of ether oxygens (including phenoxy) is 1. The van der Waals surface area contributed by atoms with E-state index >= 15 is 0 Å². The van der Waals surface area contributed by atoms with Crippen molar-refractivity contribution >= 4 is 10.8 Å². The number of rotatable bonds is 7. The quantitative estimate of drug-likeness (QED) is 0.825. The van der Waals surface area contributed by atoms with Gasteiger partial charge in [-0.3, -0.25) is 4.90 Å². The number of benzene rings is 2. The van der Waals surface area contributed by atoms with Gasteiger partial charge in [-0.25, -0.2) is 0 Å². The maximum Gasteiger partial charge on any atom is 0.124 e. The van der Waals surface area contributed by atoms with Crippen LogP contribution in [0.1, 0.15) is 39.2 Å². The van der Waals surface area contributed by atoms with Crippen molar-refractivity contribution in [2.75, 3.05) is 19.6 Å². The second-order valence-electron chi connectivity index (χ2n) is 6.99. The molecule has 0 spiro atoms. The van der Waals surface area contributed by atoms with Crippen molar-refractivity contribution in [1.29, 1.82) is 0 Å². The van der Waals surface area contributed by atoms with E-state index < -0.39 is 0 Å². The van der Waals surface area contributed by atoms with Crippen molar-refractivity contribution in [2.45, 2.75) is 52.3 Å². The fourth-order valence-electron chi connectivity index (χ4n) is 3.77. The molecule has 3 nitrogen and oxygen atoms in total. The van der Waals surface area contributed by atoms with Crippen LogP contribution in [0.5, 0.6) is 5.75 Å². The van der Waals surface area contributed by atoms with Crippen LogP contribution in [0.3, 0.4) is 0 Å². The standard InChI is InChI=1S/C21H30N2O/c1-4-23-13-7-9-18(23)14-22-15-20-19-10-6-5-8-17(19)11-12-21(20)24-16(2)3/h5-6,8,10-12,16,18,22H,4,7,9,13-15H2,1-3H3/t18-/m1/s1. The number of nitrogens with zero attached hydrogens (tertiary/aromatic N) is 1. The summed E-state index contributed by atoms with van der Waals surface area (Å²) in [6.07, 6.45) is 2.83. The maximum absolute atomic E-state index is 6.07. The molecule has 1 saturated heterocycles. The van der Waals surface area contributed by atoms with Crippen LogP contribution in [0.4, 0.5) is 0 Å². The molecule has 1 aliphatic rings. The Labute approximate surface area is 146 Å². The van der Waals surface area contributed by atoms with E-state index in [4.69, 9.17) is 4.74 Å². The van der Waals surface area contributed by atoms with Crippen LogP contribution < -0.4 is 10.1 Å². The molecule has 1 N–H and O–H groups in total. The summed E-state index contributed by atoms with van der Waals surface area (Å²) in [4.78, 5) is 2.58. The fraction of sp³-hybridized carbons (Fsp3) is 0.524. The van der Waals surface area contributed by atoms with Crippen molar-refractivity contribution in [3.63, 3.8) is 0 Å². The molecule has 1 fully saturated rings. The molecule has 24 heavy (non-hydrogen) atoms. The molecular formula is C21H30N2O. The third-order valence-corrected chi connectivity index (χ3v) is 4.95. The van der Waals surface area contributed by atoms with Crippen LogP contribution in [-0.4, -0.2) is 36.7 Å². The molecule has 0 unspecified atom stereocenters. The third-order valence-electron chi connectivity index (χ3n) is 4.95. The molecular weight excluding hydrogens is 296 g/mol. The molecule has 1 aliphatic heterocycles. The molecule has 3 rings (SSSR count). The Bertz CT molecular complexity index is 668. The normalized spacial score (nSPS) is 18.6. The fourth-order valence-corrected chi connectivity index (χ4v) is 3.77. The predicted octanol–water partition coefficient (Wildman–Crippen LogP) is 4.20. The summed E-state index contributed by atoms with van der Waals surface area (Å²) >= 11 is 0. The monoisotopic (exact) mass is 326 g/mol. The molecule has 3 heteroatoms. The van der Waals surface area contributed by atoms with Crippen LogP contribution in [0.2, 0.25) is 0 Å². The molecule has 1 heterocycles. The van der Waals surface area contributed by atoms with Gasteiger partial charge in [0.2, 0.25) is 0 Å². The first kappa shape index (κ1) is 17.2. The van der Waals surface area contributed by atoms with Gasteiger partial charge in [-0.15, -0.1) is 0 Å². The second-order valence-corrected chi connectivity index (χ2v) is 6.99. The highest BCUT2D eigenvalue weighted by molar-refractivity contribution is 5.87. The lowest BCUT2D eigenvalue weighted by Crippen LogP contribution is -2.37. The maximum atomic E-state index is 6.07. The Hall–Kier alpha value is -1.58. The van der Waals surface area contributed by atoms with Gasteiger partial charge >= 0.3 is 0 Å². The highest BCUT2D eigenvalue weighted by Gasteiger charge is 2.22. The van der Waals surface area contributed by atoms with E-state index in [9.17, 15) is 0 Å². The summed E-state index contributed by atoms with van der Waals surface area (Å²) < 4.78 is 6.07. The molecule has 0 aliphatic carbocycles. The summed E-state index contributed by atoms with van der Waals surface area (Å²) in [5.41, 5.74) is 1.28. The lowest BCUT2D eigenvalue weighted by Gasteiger charge is -2.23. The van der Waals surface area contributed by atoms with Gasteiger partial charge in [0.25, 0.3) is 0 Å². The third kappa shape index (κ3) is 3.90. The predicted molar refractivity (Wildman–Crippen MR) is 102 cm³/mol. The zero-order valence-corrected chi connectivity index (χ0v) is 15.2. The summed E-state index contributed by atoms with van der Waals surface area (Å²) in [7, 11) is 0. The molecule has 1 atom stereocenters. The Morgan fingerprint density at radius 2 is 2.04 bits per heavy atom. The minimum absolute atomic E-state index is 0.190. The largest absolute Gasteiger partial charge is 0.491 e. The second kappa shape index (κ2) is 8.00. The van der Waals surface area contributed by atoms with E-state index in [0.29, 0.717) is 6.04 Å². The topological polar surface area (TPSA) is 24.5 Å². The Morgan fingerprint density at radius 3 is 2.83 bits per heavy atom. The Balaban J connectivity index is 1.76. The summed E-state index contributed by atoms with van der Waals surface area (Å²) in [5, 5.41) is 6.26. The number of hydrogen-bond donors (Lipinski definition) is 1. The molecule has 0 saturated carbocycles. The van der Waals surface area contributed by atoms with Crippen molar-refractivity contribution in [2.24, 2.45) is 0 Å². The minimum atomic E-state index is 0.190. The lowest BCUT2D eigenvalue weighted by molar-refractivity contribution is 0.238. The van der Waals surface area contributed by atoms with Gasteiger partial charge in [-0.05, 0) is 56.6 Å². The van der Waals surface area contributed by atoms with Crippen molar-refractivity contribution < 1.29 is 4.74 Å². The molecule has 0 amide bonds. The van der Waals surface area contributed by atoms with Gasteiger partial charge in [0.1, 0.15) is 5.75 Å². The van der Waals surface area contributed by atoms with Crippen LogP contribution >= 0.6 is 0 Å². The van der Waals surface area contributed by atoms with E-state index in [1.54, 1.807) is 0 Å². The van der Waals surface area contributed by atoms with E-state index in [-0.39, 0.29) is 6.10 Å². The summed E-state index contributed by atoms with van der Waals surface area (Å²) in [6, 6.07) is 13.5. The number of hydrogen-bond acceptors (Lipinski definition) is 3.